The highest BCUT2D eigenvalue weighted by molar-refractivity contribution is 5.30. The van der Waals surface area contributed by atoms with E-state index in [1.807, 2.05) is 6.26 Å². The van der Waals surface area contributed by atoms with Crippen LogP contribution in [-0.4, -0.2) is 12.6 Å². The first-order chi connectivity index (χ1) is 10.4. The molecule has 2 unspecified atom stereocenters. The second kappa shape index (κ2) is 6.95. The summed E-state index contributed by atoms with van der Waals surface area (Å²) >= 11 is 0. The second-order valence-corrected chi connectivity index (χ2v) is 6.17. The minimum Gasteiger partial charge on any atom is -0.472 e. The number of hydrogen-bond acceptors (Lipinski definition) is 2. The molecule has 0 radical (unpaired) electrons. The lowest BCUT2D eigenvalue weighted by Gasteiger charge is -2.32. The molecule has 0 amide bonds. The molecule has 1 heterocycles. The molecule has 3 rings (SSSR count). The van der Waals surface area contributed by atoms with Crippen LogP contribution in [0.25, 0.3) is 0 Å². The average molecular weight is 283 g/mol. The Morgan fingerprint density at radius 1 is 1.24 bits per heavy atom. The third-order valence-electron chi connectivity index (χ3n) is 4.65. The summed E-state index contributed by atoms with van der Waals surface area (Å²) in [5.74, 6) is 0.723. The summed E-state index contributed by atoms with van der Waals surface area (Å²) in [6, 6.07) is 11.6. The Morgan fingerprint density at radius 2 is 2.10 bits per heavy atom. The van der Waals surface area contributed by atoms with Crippen molar-refractivity contribution in [2.24, 2.45) is 5.92 Å². The van der Waals surface area contributed by atoms with E-state index in [1.54, 1.807) is 17.4 Å². The van der Waals surface area contributed by atoms with Crippen LogP contribution in [0.3, 0.4) is 0 Å². The van der Waals surface area contributed by atoms with E-state index < -0.39 is 0 Å². The van der Waals surface area contributed by atoms with E-state index in [0.29, 0.717) is 6.04 Å². The van der Waals surface area contributed by atoms with Crippen molar-refractivity contribution in [3.05, 3.63) is 59.5 Å². The van der Waals surface area contributed by atoms with E-state index in [1.165, 1.54) is 31.2 Å². The molecule has 112 valence electrons. The van der Waals surface area contributed by atoms with Gasteiger partial charge in [-0.25, -0.2) is 0 Å². The number of nitrogens with one attached hydrogen (secondary N) is 1. The molecule has 0 saturated heterocycles. The van der Waals surface area contributed by atoms with Crippen molar-refractivity contribution in [1.29, 1.82) is 0 Å². The van der Waals surface area contributed by atoms with Gasteiger partial charge in [-0.3, -0.25) is 0 Å². The quantitative estimate of drug-likeness (QED) is 0.867. The molecule has 2 nitrogen and oxygen atoms in total. The fraction of sp³-hybridized carbons (Fsp3) is 0.474. The van der Waals surface area contributed by atoms with Crippen LogP contribution >= 0.6 is 0 Å². The van der Waals surface area contributed by atoms with Gasteiger partial charge >= 0.3 is 0 Å². The summed E-state index contributed by atoms with van der Waals surface area (Å²) in [6.07, 6.45) is 9.64. The lowest BCUT2D eigenvalue weighted by molar-refractivity contribution is 0.317. The summed E-state index contributed by atoms with van der Waals surface area (Å²) < 4.78 is 5.24. The Morgan fingerprint density at radius 3 is 2.86 bits per heavy atom. The van der Waals surface area contributed by atoms with Crippen LogP contribution in [-0.2, 0) is 19.3 Å². The number of benzene rings is 1. The van der Waals surface area contributed by atoms with Gasteiger partial charge in [-0.15, -0.1) is 0 Å². The zero-order valence-corrected chi connectivity index (χ0v) is 12.8. The predicted molar refractivity (Wildman–Crippen MR) is 86.5 cm³/mol. The Hall–Kier alpha value is -1.54. The number of furan rings is 1. The Balaban J connectivity index is 1.71. The molecule has 1 aliphatic rings. The monoisotopic (exact) mass is 283 g/mol. The molecule has 0 spiro atoms. The van der Waals surface area contributed by atoms with Crippen molar-refractivity contribution >= 4 is 0 Å². The lowest BCUT2D eigenvalue weighted by Crippen LogP contribution is -2.41. The van der Waals surface area contributed by atoms with Crippen LogP contribution in [0.5, 0.6) is 0 Å². The van der Waals surface area contributed by atoms with Gasteiger partial charge in [0.2, 0.25) is 0 Å². The summed E-state index contributed by atoms with van der Waals surface area (Å²) in [4.78, 5) is 0. The van der Waals surface area contributed by atoms with Gasteiger partial charge in [0.25, 0.3) is 0 Å². The van der Waals surface area contributed by atoms with Crippen molar-refractivity contribution in [3.63, 3.8) is 0 Å². The van der Waals surface area contributed by atoms with Gasteiger partial charge < -0.3 is 9.73 Å². The first kappa shape index (κ1) is 14.4. The maximum absolute atomic E-state index is 5.24. The van der Waals surface area contributed by atoms with Crippen molar-refractivity contribution in [2.45, 2.75) is 45.1 Å². The molecule has 0 saturated carbocycles. The molecule has 2 atom stereocenters. The third kappa shape index (κ3) is 3.56. The molecular formula is C19H25NO. The molecular weight excluding hydrogens is 258 g/mol. The SMILES string of the molecule is CCCNC(Cc1ccoc1)C1CCc2ccccc2C1. The van der Waals surface area contributed by atoms with E-state index in [2.05, 4.69) is 42.6 Å². The van der Waals surface area contributed by atoms with Gasteiger partial charge in [0.15, 0.2) is 0 Å². The number of fused-ring (bicyclic) bond motifs is 1. The molecule has 2 aromatic rings. The largest absolute Gasteiger partial charge is 0.472 e. The molecule has 0 aliphatic heterocycles. The molecule has 0 bridgehead atoms. The van der Waals surface area contributed by atoms with Crippen LogP contribution in [0.15, 0.2) is 47.3 Å². The van der Waals surface area contributed by atoms with Gasteiger partial charge in [-0.1, -0.05) is 31.2 Å². The second-order valence-electron chi connectivity index (χ2n) is 6.17. The minimum absolute atomic E-state index is 0.552. The molecule has 0 fully saturated rings. The highest BCUT2D eigenvalue weighted by atomic mass is 16.3. The maximum Gasteiger partial charge on any atom is 0.0935 e. The van der Waals surface area contributed by atoms with Gasteiger partial charge in [0.1, 0.15) is 0 Å². The summed E-state index contributed by atoms with van der Waals surface area (Å²) in [5.41, 5.74) is 4.40. The molecule has 1 aromatic carbocycles. The van der Waals surface area contributed by atoms with Crippen molar-refractivity contribution < 1.29 is 4.42 Å². The Bertz CT molecular complexity index is 546. The van der Waals surface area contributed by atoms with Gasteiger partial charge in [-0.2, -0.15) is 0 Å². The fourth-order valence-corrected chi connectivity index (χ4v) is 3.47. The highest BCUT2D eigenvalue weighted by Crippen LogP contribution is 2.28. The normalized spacial score (nSPS) is 19.2. The van der Waals surface area contributed by atoms with Crippen LogP contribution in [0.1, 0.15) is 36.5 Å². The van der Waals surface area contributed by atoms with Crippen LogP contribution in [0, 0.1) is 5.92 Å². The van der Waals surface area contributed by atoms with Crippen LogP contribution in [0.4, 0.5) is 0 Å². The first-order valence-electron chi connectivity index (χ1n) is 8.18. The van der Waals surface area contributed by atoms with Crippen LogP contribution < -0.4 is 5.32 Å². The fourth-order valence-electron chi connectivity index (χ4n) is 3.47. The summed E-state index contributed by atoms with van der Waals surface area (Å²) in [5, 5.41) is 3.77. The standard InChI is InChI=1S/C19H25NO/c1-2-10-20-19(12-15-9-11-21-14-15)18-8-7-16-5-3-4-6-17(16)13-18/h3-6,9,11,14,18-20H,2,7-8,10,12-13H2,1H3. The zero-order valence-electron chi connectivity index (χ0n) is 12.8. The number of rotatable bonds is 6. The van der Waals surface area contributed by atoms with Crippen molar-refractivity contribution in [1.82, 2.24) is 5.32 Å². The number of aryl methyl sites for hydroxylation is 1. The van der Waals surface area contributed by atoms with Crippen molar-refractivity contribution in [2.75, 3.05) is 6.54 Å². The van der Waals surface area contributed by atoms with Gasteiger partial charge in [-0.05, 0) is 67.3 Å². The van der Waals surface area contributed by atoms with E-state index >= 15 is 0 Å². The summed E-state index contributed by atoms with van der Waals surface area (Å²) in [6.45, 7) is 3.33. The van der Waals surface area contributed by atoms with E-state index in [0.717, 1.165) is 18.9 Å². The van der Waals surface area contributed by atoms with E-state index in [9.17, 15) is 0 Å². The van der Waals surface area contributed by atoms with E-state index in [4.69, 9.17) is 4.42 Å². The van der Waals surface area contributed by atoms with Gasteiger partial charge in [0.05, 0.1) is 12.5 Å². The lowest BCUT2D eigenvalue weighted by atomic mass is 9.78. The predicted octanol–water partition coefficient (Wildman–Crippen LogP) is 4.00. The molecule has 1 N–H and O–H groups in total. The molecule has 2 heteroatoms. The Labute approximate surface area is 127 Å². The van der Waals surface area contributed by atoms with Crippen LogP contribution in [0.2, 0.25) is 0 Å². The molecule has 21 heavy (non-hydrogen) atoms. The average Bonchev–Trinajstić information content (AvgIpc) is 3.04. The Kier molecular flexibility index (Phi) is 4.76. The summed E-state index contributed by atoms with van der Waals surface area (Å²) in [7, 11) is 0. The molecule has 1 aromatic heterocycles. The maximum atomic E-state index is 5.24. The first-order valence-corrected chi connectivity index (χ1v) is 8.18. The zero-order chi connectivity index (χ0) is 14.5. The highest BCUT2D eigenvalue weighted by Gasteiger charge is 2.26. The smallest absolute Gasteiger partial charge is 0.0935 e. The molecule has 1 aliphatic carbocycles. The minimum atomic E-state index is 0.552. The van der Waals surface area contributed by atoms with E-state index in [-0.39, 0.29) is 0 Å². The van der Waals surface area contributed by atoms with Gasteiger partial charge in [0, 0.05) is 6.04 Å². The third-order valence-corrected chi connectivity index (χ3v) is 4.65. The topological polar surface area (TPSA) is 25.2 Å². The van der Waals surface area contributed by atoms with Crippen molar-refractivity contribution in [3.8, 4) is 0 Å². The number of hydrogen-bond donors (Lipinski definition) is 1.